The van der Waals surface area contributed by atoms with Gasteiger partial charge in [-0.3, -0.25) is 40.9 Å². The number of nitrogens with one attached hydrogen (secondary N) is 4. The quantitative estimate of drug-likeness (QED) is 0.277. The topological polar surface area (TPSA) is 141 Å². The van der Waals surface area contributed by atoms with Crippen molar-refractivity contribution in [2.75, 3.05) is 0 Å². The second kappa shape index (κ2) is 12.3. The lowest BCUT2D eigenvalue weighted by atomic mass is 10.1. The molecule has 0 spiro atoms. The second-order valence-electron chi connectivity index (χ2n) is 8.19. The van der Waals surface area contributed by atoms with Crippen LogP contribution < -0.4 is 21.7 Å². The van der Waals surface area contributed by atoms with Gasteiger partial charge in [-0.25, -0.2) is 0 Å². The smallest absolute Gasteiger partial charge is 0.276 e. The van der Waals surface area contributed by atoms with Crippen molar-refractivity contribution >= 4 is 69.6 Å². The van der Waals surface area contributed by atoms with Crippen LogP contribution in [0.1, 0.15) is 31.8 Å². The number of carbonyl (C=O) groups is 4. The van der Waals surface area contributed by atoms with Crippen LogP contribution in [0.5, 0.6) is 0 Å². The van der Waals surface area contributed by atoms with Crippen LogP contribution in [0.25, 0.3) is 12.2 Å². The third-order valence-corrected chi connectivity index (χ3v) is 7.22. The highest BCUT2D eigenvalue weighted by molar-refractivity contribution is 8.18. The average molecular weight is 569 g/mol. The number of rotatable bonds is 4. The molecule has 198 valence electrons. The van der Waals surface area contributed by atoms with Crippen molar-refractivity contribution in [3.05, 3.63) is 117 Å². The van der Waals surface area contributed by atoms with Crippen molar-refractivity contribution in [1.82, 2.24) is 21.7 Å². The molecule has 2 aliphatic heterocycles. The summed E-state index contributed by atoms with van der Waals surface area (Å²) in [6, 6.07) is 24.8. The zero-order valence-electron chi connectivity index (χ0n) is 20.6. The fourth-order valence-corrected chi connectivity index (χ4v) is 5.09. The van der Waals surface area contributed by atoms with Crippen LogP contribution in [0.2, 0.25) is 0 Å². The predicted molar refractivity (Wildman–Crippen MR) is 157 cm³/mol. The number of benzene rings is 3. The second-order valence-corrected chi connectivity index (χ2v) is 10.3. The SMILES string of the molecule is O=C1N=C(NNC(=O)c2ccccc2C(=O)NNC2=NC(=O)/C(=C\c3ccccc3)S2)S/C1=C/c1ccccc1. The Morgan fingerprint density at radius 1 is 0.575 bits per heavy atom. The van der Waals surface area contributed by atoms with E-state index >= 15 is 0 Å². The highest BCUT2D eigenvalue weighted by Gasteiger charge is 2.25. The molecule has 3 aromatic carbocycles. The molecule has 0 saturated heterocycles. The number of aliphatic imine (C=N–C) groups is 2. The Balaban J connectivity index is 1.17. The zero-order valence-corrected chi connectivity index (χ0v) is 22.2. The standard InChI is InChI=1S/C28H20N6O4S2/c35-23(31-33-27-29-25(37)21(39-27)15-17-9-3-1-4-10-17)19-13-7-8-14-20(19)24(36)32-34-28-30-26(38)22(40-28)16-18-11-5-2-6-12-18/h1-16H,(H,31,35)(H,32,36)(H,29,33,37)(H,30,34,38)/b21-15+,22-16+. The van der Waals surface area contributed by atoms with Crippen LogP contribution >= 0.6 is 23.5 Å². The lowest BCUT2D eigenvalue weighted by Crippen LogP contribution is -2.43. The molecule has 0 radical (unpaired) electrons. The Morgan fingerprint density at radius 2 is 0.950 bits per heavy atom. The largest absolute Gasteiger partial charge is 0.286 e. The zero-order chi connectivity index (χ0) is 27.9. The van der Waals surface area contributed by atoms with E-state index in [0.717, 1.165) is 34.7 Å². The lowest BCUT2D eigenvalue weighted by Gasteiger charge is -2.12. The Morgan fingerprint density at radius 3 is 1.35 bits per heavy atom. The molecule has 0 unspecified atom stereocenters. The molecule has 2 aliphatic rings. The van der Waals surface area contributed by atoms with Crippen LogP contribution in [0.15, 0.2) is 105 Å². The van der Waals surface area contributed by atoms with Gasteiger partial charge in [-0.2, -0.15) is 9.98 Å². The summed E-state index contributed by atoms with van der Waals surface area (Å²) in [5.74, 6) is -2.08. The van der Waals surface area contributed by atoms with Gasteiger partial charge in [0.25, 0.3) is 23.6 Å². The first-order valence-electron chi connectivity index (χ1n) is 11.8. The van der Waals surface area contributed by atoms with E-state index in [-0.39, 0.29) is 21.5 Å². The van der Waals surface area contributed by atoms with Crippen LogP contribution in [-0.4, -0.2) is 34.0 Å². The molecule has 5 rings (SSSR count). The molecule has 10 nitrogen and oxygen atoms in total. The van der Waals surface area contributed by atoms with Crippen molar-refractivity contribution < 1.29 is 19.2 Å². The van der Waals surface area contributed by atoms with Gasteiger partial charge >= 0.3 is 0 Å². The van der Waals surface area contributed by atoms with Gasteiger partial charge in [0, 0.05) is 0 Å². The van der Waals surface area contributed by atoms with Crippen molar-refractivity contribution in [3.63, 3.8) is 0 Å². The van der Waals surface area contributed by atoms with Crippen molar-refractivity contribution in [2.24, 2.45) is 9.98 Å². The molecule has 0 fully saturated rings. The summed E-state index contributed by atoms with van der Waals surface area (Å²) in [5.41, 5.74) is 12.1. The van der Waals surface area contributed by atoms with E-state index in [0.29, 0.717) is 9.81 Å². The van der Waals surface area contributed by atoms with Crippen LogP contribution in [0, 0.1) is 0 Å². The third-order valence-electron chi connectivity index (χ3n) is 5.42. The molecule has 4 amide bonds. The minimum Gasteiger partial charge on any atom is -0.276 e. The van der Waals surface area contributed by atoms with Gasteiger partial charge in [0.15, 0.2) is 10.3 Å². The summed E-state index contributed by atoms with van der Waals surface area (Å²) in [4.78, 5) is 58.9. The number of amides is 4. The fraction of sp³-hybridized carbons (Fsp3) is 0. The maximum absolute atomic E-state index is 12.9. The van der Waals surface area contributed by atoms with Gasteiger partial charge in [0.1, 0.15) is 0 Å². The van der Waals surface area contributed by atoms with E-state index in [1.165, 1.54) is 12.1 Å². The molecule has 0 saturated carbocycles. The van der Waals surface area contributed by atoms with Crippen LogP contribution in [0.4, 0.5) is 0 Å². The normalized spacial score (nSPS) is 16.5. The van der Waals surface area contributed by atoms with Gasteiger partial charge in [-0.1, -0.05) is 72.8 Å². The molecule has 2 heterocycles. The van der Waals surface area contributed by atoms with E-state index < -0.39 is 23.6 Å². The fourth-order valence-electron chi connectivity index (χ4n) is 3.56. The highest BCUT2D eigenvalue weighted by atomic mass is 32.2. The summed E-state index contributed by atoms with van der Waals surface area (Å²) < 4.78 is 0. The van der Waals surface area contributed by atoms with Gasteiger partial charge in [0.2, 0.25) is 0 Å². The minimum absolute atomic E-state index is 0.0750. The molecular weight excluding hydrogens is 548 g/mol. The number of nitrogens with zero attached hydrogens (tertiary/aromatic N) is 2. The van der Waals surface area contributed by atoms with E-state index in [1.54, 1.807) is 24.3 Å². The number of hydrazine groups is 2. The van der Waals surface area contributed by atoms with Gasteiger partial charge < -0.3 is 0 Å². The molecule has 4 N–H and O–H groups in total. The summed E-state index contributed by atoms with van der Waals surface area (Å²) in [7, 11) is 0. The molecule has 0 aromatic heterocycles. The van der Waals surface area contributed by atoms with Crippen LogP contribution in [-0.2, 0) is 9.59 Å². The minimum atomic E-state index is -0.613. The number of hydrogen-bond acceptors (Lipinski definition) is 8. The van der Waals surface area contributed by atoms with Crippen molar-refractivity contribution in [3.8, 4) is 0 Å². The number of hydrogen-bond donors (Lipinski definition) is 4. The van der Waals surface area contributed by atoms with E-state index in [1.807, 2.05) is 60.7 Å². The van der Waals surface area contributed by atoms with E-state index in [4.69, 9.17) is 0 Å². The molecule has 0 atom stereocenters. The Bertz CT molecular complexity index is 1500. The highest BCUT2D eigenvalue weighted by Crippen LogP contribution is 2.28. The Kier molecular flexibility index (Phi) is 8.18. The summed E-state index contributed by atoms with van der Waals surface area (Å²) in [6.45, 7) is 0. The first kappa shape index (κ1) is 26.7. The molecule has 0 aliphatic carbocycles. The summed E-state index contributed by atoms with van der Waals surface area (Å²) in [6.07, 6.45) is 3.42. The molecular formula is C28H20N6O4S2. The van der Waals surface area contributed by atoms with Gasteiger partial charge in [0.05, 0.1) is 20.9 Å². The first-order valence-corrected chi connectivity index (χ1v) is 13.5. The van der Waals surface area contributed by atoms with E-state index in [2.05, 4.69) is 31.7 Å². The number of amidine groups is 2. The molecule has 12 heteroatoms. The Labute approximate surface area is 237 Å². The van der Waals surface area contributed by atoms with Crippen molar-refractivity contribution in [1.29, 1.82) is 0 Å². The number of thioether (sulfide) groups is 2. The van der Waals surface area contributed by atoms with Crippen LogP contribution in [0.3, 0.4) is 0 Å². The molecule has 40 heavy (non-hydrogen) atoms. The summed E-state index contributed by atoms with van der Waals surface area (Å²) in [5, 5.41) is 0.397. The number of carbonyl (C=O) groups excluding carboxylic acids is 4. The maximum Gasteiger partial charge on any atom is 0.286 e. The lowest BCUT2D eigenvalue weighted by molar-refractivity contribution is -0.114. The monoisotopic (exact) mass is 568 g/mol. The van der Waals surface area contributed by atoms with E-state index in [9.17, 15) is 19.2 Å². The summed E-state index contributed by atoms with van der Waals surface area (Å²) >= 11 is 2.17. The predicted octanol–water partition coefficient (Wildman–Crippen LogP) is 3.50. The first-order chi connectivity index (χ1) is 19.5. The Hall–Kier alpha value is -4.94. The molecule has 3 aromatic rings. The molecule has 0 bridgehead atoms. The van der Waals surface area contributed by atoms with Gasteiger partial charge in [-0.15, -0.1) is 0 Å². The van der Waals surface area contributed by atoms with Gasteiger partial charge in [-0.05, 0) is 58.9 Å². The van der Waals surface area contributed by atoms with Crippen molar-refractivity contribution in [2.45, 2.75) is 0 Å². The average Bonchev–Trinajstić information content (AvgIpc) is 3.51. The third kappa shape index (κ3) is 6.54. The maximum atomic E-state index is 12.9.